The molecule has 1 N–H and O–H groups in total. The molecule has 0 heterocycles. The van der Waals surface area contributed by atoms with E-state index in [1.165, 1.54) is 12.1 Å². The Morgan fingerprint density at radius 1 is 0.947 bits per heavy atom. The highest BCUT2D eigenvalue weighted by molar-refractivity contribution is 5.51. The Balaban J connectivity index is 2.10. The minimum atomic E-state index is -2.87. The third-order valence-electron chi connectivity index (χ3n) is 3.10. The van der Waals surface area contributed by atoms with E-state index in [0.717, 1.165) is 17.7 Å². The van der Waals surface area contributed by atoms with Crippen LogP contribution in [0.4, 0.5) is 14.5 Å². The first-order chi connectivity index (χ1) is 9.13. The molecule has 19 heavy (non-hydrogen) atoms. The predicted molar refractivity (Wildman–Crippen MR) is 74.6 cm³/mol. The molecule has 0 unspecified atom stereocenters. The zero-order valence-electron chi connectivity index (χ0n) is 10.9. The predicted octanol–water partition coefficient (Wildman–Crippen LogP) is 4.45. The molecule has 0 fully saturated rings. The second-order valence-electron chi connectivity index (χ2n) is 4.43. The summed E-state index contributed by atoms with van der Waals surface area (Å²) in [6.45, 7) is 1.61. The number of anilines is 1. The molecule has 1 nitrogen and oxygen atoms in total. The van der Waals surface area contributed by atoms with Crippen molar-refractivity contribution in [3.05, 3.63) is 65.7 Å². The van der Waals surface area contributed by atoms with E-state index < -0.39 is 12.5 Å². The number of aryl methyl sites for hydroxylation is 1. The van der Waals surface area contributed by atoms with Crippen LogP contribution in [0.3, 0.4) is 0 Å². The molecule has 0 aliphatic rings. The maximum absolute atomic E-state index is 14.0. The summed E-state index contributed by atoms with van der Waals surface area (Å²) in [7, 11) is 0. The van der Waals surface area contributed by atoms with Gasteiger partial charge >= 0.3 is 0 Å². The van der Waals surface area contributed by atoms with Gasteiger partial charge in [-0.25, -0.2) is 0 Å². The SMILES string of the molecule is CCc1ccccc1NCC(F)(F)c1ccccc1. The van der Waals surface area contributed by atoms with Crippen molar-refractivity contribution < 1.29 is 8.78 Å². The molecule has 0 bridgehead atoms. The van der Waals surface area contributed by atoms with Crippen molar-refractivity contribution >= 4 is 5.69 Å². The number of alkyl halides is 2. The van der Waals surface area contributed by atoms with E-state index in [1.807, 2.05) is 31.2 Å². The summed E-state index contributed by atoms with van der Waals surface area (Å²) in [5.41, 5.74) is 1.86. The Bertz CT molecular complexity index is 523. The fourth-order valence-corrected chi connectivity index (χ4v) is 1.99. The quantitative estimate of drug-likeness (QED) is 0.838. The van der Waals surface area contributed by atoms with Crippen LogP contribution in [0.1, 0.15) is 18.1 Å². The van der Waals surface area contributed by atoms with Crippen LogP contribution >= 0.6 is 0 Å². The first kappa shape index (κ1) is 13.5. The van der Waals surface area contributed by atoms with Crippen molar-refractivity contribution in [1.82, 2.24) is 0 Å². The smallest absolute Gasteiger partial charge is 0.290 e. The zero-order chi connectivity index (χ0) is 13.7. The Kier molecular flexibility index (Phi) is 4.15. The summed E-state index contributed by atoms with van der Waals surface area (Å²) in [4.78, 5) is 0. The Hall–Kier alpha value is -1.90. The van der Waals surface area contributed by atoms with Crippen LogP contribution in [0.2, 0.25) is 0 Å². The second-order valence-corrected chi connectivity index (χ2v) is 4.43. The van der Waals surface area contributed by atoms with Crippen molar-refractivity contribution in [1.29, 1.82) is 0 Å². The molecular weight excluding hydrogens is 244 g/mol. The number of hydrogen-bond donors (Lipinski definition) is 1. The monoisotopic (exact) mass is 261 g/mol. The number of para-hydroxylation sites is 1. The molecule has 0 radical (unpaired) electrons. The van der Waals surface area contributed by atoms with E-state index >= 15 is 0 Å². The van der Waals surface area contributed by atoms with Gasteiger partial charge in [-0.2, -0.15) is 8.78 Å². The van der Waals surface area contributed by atoms with Gasteiger partial charge in [0.15, 0.2) is 0 Å². The lowest BCUT2D eigenvalue weighted by molar-refractivity contribution is 0.0106. The van der Waals surface area contributed by atoms with Gasteiger partial charge in [0.2, 0.25) is 0 Å². The normalized spacial score (nSPS) is 11.3. The maximum Gasteiger partial charge on any atom is 0.290 e. The highest BCUT2D eigenvalue weighted by atomic mass is 19.3. The van der Waals surface area contributed by atoms with Crippen LogP contribution in [-0.4, -0.2) is 6.54 Å². The van der Waals surface area contributed by atoms with Crippen LogP contribution in [0, 0.1) is 0 Å². The third kappa shape index (κ3) is 3.31. The fourth-order valence-electron chi connectivity index (χ4n) is 1.99. The van der Waals surface area contributed by atoms with Crippen LogP contribution in [0.15, 0.2) is 54.6 Å². The van der Waals surface area contributed by atoms with Crippen molar-refractivity contribution in [2.75, 3.05) is 11.9 Å². The van der Waals surface area contributed by atoms with Gasteiger partial charge in [-0.1, -0.05) is 55.5 Å². The van der Waals surface area contributed by atoms with Gasteiger partial charge in [0.05, 0.1) is 6.54 Å². The number of halogens is 2. The summed E-state index contributed by atoms with van der Waals surface area (Å²) in [5, 5.41) is 2.85. The summed E-state index contributed by atoms with van der Waals surface area (Å²) >= 11 is 0. The molecule has 0 atom stereocenters. The first-order valence-corrected chi connectivity index (χ1v) is 6.38. The third-order valence-corrected chi connectivity index (χ3v) is 3.10. The molecule has 3 heteroatoms. The van der Waals surface area contributed by atoms with Gasteiger partial charge < -0.3 is 5.32 Å². The largest absolute Gasteiger partial charge is 0.378 e. The minimum Gasteiger partial charge on any atom is -0.378 e. The summed E-state index contributed by atoms with van der Waals surface area (Å²) in [6.07, 6.45) is 0.820. The Morgan fingerprint density at radius 3 is 2.26 bits per heavy atom. The van der Waals surface area contributed by atoms with Crippen molar-refractivity contribution in [2.45, 2.75) is 19.3 Å². The van der Waals surface area contributed by atoms with Crippen LogP contribution in [-0.2, 0) is 12.3 Å². The van der Waals surface area contributed by atoms with E-state index in [-0.39, 0.29) is 5.56 Å². The van der Waals surface area contributed by atoms with Gasteiger partial charge in [0.25, 0.3) is 5.92 Å². The van der Waals surface area contributed by atoms with Crippen molar-refractivity contribution in [3.63, 3.8) is 0 Å². The Morgan fingerprint density at radius 2 is 1.58 bits per heavy atom. The molecule has 0 spiro atoms. The molecule has 0 aliphatic heterocycles. The highest BCUT2D eigenvalue weighted by Crippen LogP contribution is 2.28. The lowest BCUT2D eigenvalue weighted by atomic mass is 10.1. The second kappa shape index (κ2) is 5.83. The Labute approximate surface area is 112 Å². The molecule has 0 saturated carbocycles. The molecular formula is C16H17F2N. The lowest BCUT2D eigenvalue weighted by Gasteiger charge is -2.19. The van der Waals surface area contributed by atoms with Gasteiger partial charge in [-0.3, -0.25) is 0 Å². The summed E-state index contributed by atoms with van der Waals surface area (Å²) in [6, 6.07) is 15.4. The average molecular weight is 261 g/mol. The molecule has 0 aliphatic carbocycles. The van der Waals surface area contributed by atoms with Crippen LogP contribution < -0.4 is 5.32 Å². The van der Waals surface area contributed by atoms with E-state index in [1.54, 1.807) is 18.2 Å². The first-order valence-electron chi connectivity index (χ1n) is 6.38. The summed E-state index contributed by atoms with van der Waals surface area (Å²) < 4.78 is 28.0. The van der Waals surface area contributed by atoms with Gasteiger partial charge in [-0.05, 0) is 18.1 Å². The lowest BCUT2D eigenvalue weighted by Crippen LogP contribution is -2.25. The molecule has 2 rings (SSSR count). The van der Waals surface area contributed by atoms with Gasteiger partial charge in [0.1, 0.15) is 0 Å². The minimum absolute atomic E-state index is 0.0384. The number of hydrogen-bond acceptors (Lipinski definition) is 1. The molecule has 0 aromatic heterocycles. The van der Waals surface area contributed by atoms with E-state index in [4.69, 9.17) is 0 Å². The van der Waals surface area contributed by atoms with Crippen molar-refractivity contribution in [3.8, 4) is 0 Å². The fraction of sp³-hybridized carbons (Fsp3) is 0.250. The molecule has 2 aromatic rings. The molecule has 0 saturated heterocycles. The van der Waals surface area contributed by atoms with Gasteiger partial charge in [0, 0.05) is 11.3 Å². The zero-order valence-corrected chi connectivity index (χ0v) is 10.9. The summed E-state index contributed by atoms with van der Waals surface area (Å²) in [5.74, 6) is -2.87. The van der Waals surface area contributed by atoms with E-state index in [2.05, 4.69) is 5.32 Å². The van der Waals surface area contributed by atoms with Crippen LogP contribution in [0.25, 0.3) is 0 Å². The van der Waals surface area contributed by atoms with Crippen molar-refractivity contribution in [2.24, 2.45) is 0 Å². The number of benzene rings is 2. The van der Waals surface area contributed by atoms with E-state index in [0.29, 0.717) is 0 Å². The topological polar surface area (TPSA) is 12.0 Å². The molecule has 0 amide bonds. The number of nitrogens with one attached hydrogen (secondary N) is 1. The maximum atomic E-state index is 14.0. The molecule has 100 valence electrons. The van der Waals surface area contributed by atoms with Gasteiger partial charge in [-0.15, -0.1) is 0 Å². The highest BCUT2D eigenvalue weighted by Gasteiger charge is 2.30. The molecule has 2 aromatic carbocycles. The average Bonchev–Trinajstić information content (AvgIpc) is 2.46. The number of rotatable bonds is 5. The van der Waals surface area contributed by atoms with Crippen LogP contribution in [0.5, 0.6) is 0 Å². The standard InChI is InChI=1S/C16H17F2N/c1-2-13-8-6-7-11-15(13)19-12-16(17,18)14-9-4-3-5-10-14/h3-11,19H,2,12H2,1H3. The van der Waals surface area contributed by atoms with E-state index in [9.17, 15) is 8.78 Å².